The molecule has 3 aromatic rings. The van der Waals surface area contributed by atoms with E-state index < -0.39 is 0 Å². The lowest BCUT2D eigenvalue weighted by atomic mass is 10.2. The lowest BCUT2D eigenvalue weighted by molar-refractivity contribution is -0.00770. The van der Waals surface area contributed by atoms with Gasteiger partial charge in [0.15, 0.2) is 11.5 Å². The molecule has 1 aromatic heterocycles. The summed E-state index contributed by atoms with van der Waals surface area (Å²) in [5, 5.41) is 0. The van der Waals surface area contributed by atoms with Crippen molar-refractivity contribution in [3.8, 4) is 23.0 Å². The Balaban J connectivity index is 1.59. The molecule has 1 heterocycles. The summed E-state index contributed by atoms with van der Waals surface area (Å²) in [5.74, 6) is 1.52. The monoisotopic (exact) mass is 424 g/mol. The minimum atomic E-state index is -0.290. The third-order valence-corrected chi connectivity index (χ3v) is 4.60. The molecule has 1 unspecified atom stereocenters. The lowest BCUT2D eigenvalue weighted by Gasteiger charge is -2.12. The molecule has 0 saturated heterocycles. The molecule has 2 aromatic carbocycles. The van der Waals surface area contributed by atoms with Crippen LogP contribution >= 0.6 is 0 Å². The average molecular weight is 424 g/mol. The Morgan fingerprint density at radius 3 is 2.71 bits per heavy atom. The first-order valence-corrected chi connectivity index (χ1v) is 10.4. The zero-order valence-electron chi connectivity index (χ0n) is 18.1. The number of hydrogen-bond acceptors (Lipinski definition) is 6. The Bertz CT molecular complexity index is 971. The van der Waals surface area contributed by atoms with Gasteiger partial charge in [0.1, 0.15) is 6.26 Å². The van der Waals surface area contributed by atoms with Crippen molar-refractivity contribution >= 4 is 5.91 Å². The topological polar surface area (TPSA) is 82.8 Å². The molecule has 1 amide bonds. The molecule has 3 rings (SSSR count). The maximum Gasteiger partial charge on any atom is 0.274 e. The molecule has 0 aliphatic carbocycles. The highest BCUT2D eigenvalue weighted by molar-refractivity contribution is 5.93. The van der Waals surface area contributed by atoms with Gasteiger partial charge in [0, 0.05) is 17.5 Å². The Labute approximate surface area is 182 Å². The van der Waals surface area contributed by atoms with Crippen molar-refractivity contribution in [3.63, 3.8) is 0 Å². The van der Waals surface area contributed by atoms with Crippen LogP contribution in [0.25, 0.3) is 11.5 Å². The number of hydrogen-bond donors (Lipinski definition) is 1. The van der Waals surface area contributed by atoms with Crippen LogP contribution < -0.4 is 15.0 Å². The summed E-state index contributed by atoms with van der Waals surface area (Å²) in [5.41, 5.74) is 4.53. The number of oxazole rings is 1. The first-order valence-electron chi connectivity index (χ1n) is 10.4. The van der Waals surface area contributed by atoms with Gasteiger partial charge in [0.25, 0.3) is 5.91 Å². The van der Waals surface area contributed by atoms with Crippen LogP contribution in [0.3, 0.4) is 0 Å². The van der Waals surface area contributed by atoms with E-state index in [4.69, 9.17) is 18.7 Å². The van der Waals surface area contributed by atoms with E-state index >= 15 is 0 Å². The second-order valence-corrected chi connectivity index (χ2v) is 7.14. The number of amides is 1. The van der Waals surface area contributed by atoms with Gasteiger partial charge in [-0.1, -0.05) is 31.5 Å². The van der Waals surface area contributed by atoms with Gasteiger partial charge in [-0.15, -0.1) is 0 Å². The minimum absolute atomic E-state index is 0.283. The second kappa shape index (κ2) is 11.2. The SMILES string of the molecule is CCCCOc1cc(-c2nc(CC(C)ONC(=O)c3ccccc3)co2)ccc1OC. The van der Waals surface area contributed by atoms with Gasteiger partial charge in [0.05, 0.1) is 25.5 Å². The molecule has 0 aliphatic heterocycles. The van der Waals surface area contributed by atoms with Crippen LogP contribution in [0.15, 0.2) is 59.2 Å². The van der Waals surface area contributed by atoms with Crippen molar-refractivity contribution in [2.75, 3.05) is 13.7 Å². The highest BCUT2D eigenvalue weighted by Crippen LogP contribution is 2.32. The number of hydroxylamine groups is 1. The van der Waals surface area contributed by atoms with E-state index in [1.807, 2.05) is 31.2 Å². The Morgan fingerprint density at radius 1 is 1.16 bits per heavy atom. The highest BCUT2D eigenvalue weighted by atomic mass is 16.7. The predicted molar refractivity (Wildman–Crippen MR) is 117 cm³/mol. The summed E-state index contributed by atoms with van der Waals surface area (Å²) in [6.45, 7) is 4.59. The van der Waals surface area contributed by atoms with Crippen LogP contribution in [0.4, 0.5) is 0 Å². The van der Waals surface area contributed by atoms with Crippen molar-refractivity contribution in [1.29, 1.82) is 0 Å². The van der Waals surface area contributed by atoms with Gasteiger partial charge in [-0.25, -0.2) is 10.5 Å². The van der Waals surface area contributed by atoms with Crippen LogP contribution in [-0.2, 0) is 11.3 Å². The molecule has 0 saturated carbocycles. The van der Waals surface area contributed by atoms with Gasteiger partial charge >= 0.3 is 0 Å². The molecule has 0 fully saturated rings. The van der Waals surface area contributed by atoms with E-state index in [2.05, 4.69) is 17.4 Å². The van der Waals surface area contributed by atoms with E-state index in [1.54, 1.807) is 37.6 Å². The number of unbranched alkanes of at least 4 members (excludes halogenated alkanes) is 1. The van der Waals surface area contributed by atoms with Gasteiger partial charge in [0.2, 0.25) is 5.89 Å². The Hall–Kier alpha value is -3.32. The second-order valence-electron chi connectivity index (χ2n) is 7.14. The average Bonchev–Trinajstić information content (AvgIpc) is 3.26. The fourth-order valence-corrected chi connectivity index (χ4v) is 2.92. The molecule has 31 heavy (non-hydrogen) atoms. The van der Waals surface area contributed by atoms with Gasteiger partial charge in [-0.3, -0.25) is 9.63 Å². The van der Waals surface area contributed by atoms with Crippen LogP contribution in [0.1, 0.15) is 42.7 Å². The summed E-state index contributed by atoms with van der Waals surface area (Å²) in [7, 11) is 1.61. The molecule has 0 spiro atoms. The number of carbonyl (C=O) groups excluding carboxylic acids is 1. The third kappa shape index (κ3) is 6.33. The van der Waals surface area contributed by atoms with E-state index in [1.165, 1.54) is 0 Å². The molecular formula is C24H28N2O5. The van der Waals surface area contributed by atoms with Crippen LogP contribution in [0.5, 0.6) is 11.5 Å². The number of rotatable bonds is 11. The number of nitrogens with zero attached hydrogens (tertiary/aromatic N) is 1. The largest absolute Gasteiger partial charge is 0.493 e. The standard InChI is InChI=1S/C24H28N2O5/c1-4-5-13-29-22-15-19(11-12-21(22)28-3)24-25-20(16-30-24)14-17(2)31-26-23(27)18-9-7-6-8-10-18/h6-12,15-17H,4-5,13-14H2,1-3H3,(H,26,27). The highest BCUT2D eigenvalue weighted by Gasteiger charge is 2.15. The van der Waals surface area contributed by atoms with Crippen molar-refractivity contribution in [2.24, 2.45) is 0 Å². The summed E-state index contributed by atoms with van der Waals surface area (Å²) in [4.78, 5) is 22.1. The van der Waals surface area contributed by atoms with Crippen molar-refractivity contribution in [2.45, 2.75) is 39.2 Å². The zero-order chi connectivity index (χ0) is 22.1. The maximum atomic E-state index is 12.1. The summed E-state index contributed by atoms with van der Waals surface area (Å²) in [6, 6.07) is 14.5. The van der Waals surface area contributed by atoms with Gasteiger partial charge < -0.3 is 13.9 Å². The molecule has 0 radical (unpaired) electrons. The van der Waals surface area contributed by atoms with Crippen molar-refractivity contribution in [1.82, 2.24) is 10.5 Å². The first kappa shape index (κ1) is 22.4. The molecule has 0 aliphatic rings. The molecule has 164 valence electrons. The number of benzene rings is 2. The minimum Gasteiger partial charge on any atom is -0.493 e. The molecule has 1 atom stereocenters. The quantitative estimate of drug-likeness (QED) is 0.351. The number of nitrogens with one attached hydrogen (secondary N) is 1. The third-order valence-electron chi connectivity index (χ3n) is 4.60. The molecule has 7 nitrogen and oxygen atoms in total. The van der Waals surface area contributed by atoms with E-state index in [0.717, 1.165) is 24.1 Å². The molecule has 0 bridgehead atoms. The summed E-state index contributed by atoms with van der Waals surface area (Å²) >= 11 is 0. The number of methoxy groups -OCH3 is 1. The smallest absolute Gasteiger partial charge is 0.274 e. The van der Waals surface area contributed by atoms with E-state index in [-0.39, 0.29) is 12.0 Å². The van der Waals surface area contributed by atoms with Gasteiger partial charge in [-0.05, 0) is 43.7 Å². The Morgan fingerprint density at radius 2 is 1.97 bits per heavy atom. The van der Waals surface area contributed by atoms with Crippen LogP contribution in [-0.4, -0.2) is 30.7 Å². The molecule has 1 N–H and O–H groups in total. The summed E-state index contributed by atoms with van der Waals surface area (Å²) in [6.07, 6.45) is 3.81. The zero-order valence-corrected chi connectivity index (χ0v) is 18.1. The summed E-state index contributed by atoms with van der Waals surface area (Å²) < 4.78 is 16.9. The van der Waals surface area contributed by atoms with Crippen LogP contribution in [0.2, 0.25) is 0 Å². The Kier molecular flexibility index (Phi) is 8.06. The molecular weight excluding hydrogens is 396 g/mol. The maximum absolute atomic E-state index is 12.1. The van der Waals surface area contributed by atoms with E-state index in [0.29, 0.717) is 36.0 Å². The predicted octanol–water partition coefficient (Wildman–Crippen LogP) is 4.82. The van der Waals surface area contributed by atoms with Gasteiger partial charge in [-0.2, -0.15) is 0 Å². The van der Waals surface area contributed by atoms with Crippen molar-refractivity contribution in [3.05, 3.63) is 66.1 Å². The molecule has 7 heteroatoms. The normalized spacial score (nSPS) is 11.7. The number of ether oxygens (including phenoxy) is 2. The van der Waals surface area contributed by atoms with Crippen molar-refractivity contribution < 1.29 is 23.5 Å². The fraction of sp³-hybridized carbons (Fsp3) is 0.333. The number of aromatic nitrogens is 1. The first-order chi connectivity index (χ1) is 15.1. The number of carbonyl (C=O) groups is 1. The van der Waals surface area contributed by atoms with Crippen LogP contribution in [0, 0.1) is 0 Å². The van der Waals surface area contributed by atoms with E-state index in [9.17, 15) is 4.79 Å². The lowest BCUT2D eigenvalue weighted by Crippen LogP contribution is -2.29. The fourth-order valence-electron chi connectivity index (χ4n) is 2.92.